The lowest BCUT2D eigenvalue weighted by atomic mass is 10.5. The standard InChI is InChI=1S/C4H7NO/c5-3-1-2-4-6/h1,5-6H,2,4H2. The van der Waals surface area contributed by atoms with Gasteiger partial charge < -0.3 is 5.11 Å². The van der Waals surface area contributed by atoms with E-state index in [0.717, 1.165) is 0 Å². The van der Waals surface area contributed by atoms with E-state index in [2.05, 4.69) is 0 Å². The minimum Gasteiger partial charge on any atom is -0.396 e. The average Bonchev–Trinajstić information content (AvgIpc) is 1.61. The summed E-state index contributed by atoms with van der Waals surface area (Å²) in [5.41, 5.74) is 0. The van der Waals surface area contributed by atoms with Crippen molar-refractivity contribution in [1.29, 1.82) is 5.41 Å². The first kappa shape index (κ1) is 5.41. The maximum absolute atomic E-state index is 8.04. The van der Waals surface area contributed by atoms with Crippen molar-refractivity contribution in [3.8, 4) is 0 Å². The highest BCUT2D eigenvalue weighted by Crippen LogP contribution is 1.69. The van der Waals surface area contributed by atoms with Crippen LogP contribution in [0, 0.1) is 5.41 Å². The topological polar surface area (TPSA) is 44.1 Å². The van der Waals surface area contributed by atoms with Crippen LogP contribution in [0.2, 0.25) is 0 Å². The van der Waals surface area contributed by atoms with Crippen molar-refractivity contribution < 1.29 is 5.11 Å². The summed E-state index contributed by atoms with van der Waals surface area (Å²) < 4.78 is 0. The van der Waals surface area contributed by atoms with Crippen molar-refractivity contribution in [1.82, 2.24) is 0 Å². The van der Waals surface area contributed by atoms with Crippen LogP contribution in [0.15, 0.2) is 6.08 Å². The quantitative estimate of drug-likeness (QED) is 0.461. The predicted molar refractivity (Wildman–Crippen MR) is 24.0 cm³/mol. The van der Waals surface area contributed by atoms with Gasteiger partial charge >= 0.3 is 0 Å². The molecule has 2 nitrogen and oxygen atoms in total. The molecule has 0 aromatic rings. The summed E-state index contributed by atoms with van der Waals surface area (Å²) >= 11 is 0. The number of hydrogen-bond acceptors (Lipinski definition) is 2. The minimum absolute atomic E-state index is 0.117. The summed E-state index contributed by atoms with van der Waals surface area (Å²) in [6.45, 7) is 0.117. The first-order valence-electron chi connectivity index (χ1n) is 1.76. The average molecular weight is 85.1 g/mol. The van der Waals surface area contributed by atoms with Gasteiger partial charge in [-0.25, -0.2) is 0 Å². The first-order valence-corrected chi connectivity index (χ1v) is 1.76. The zero-order valence-electron chi connectivity index (χ0n) is 3.44. The smallest absolute Gasteiger partial charge is 0.0472 e. The van der Waals surface area contributed by atoms with Gasteiger partial charge in [-0.3, -0.25) is 5.41 Å². The molecule has 2 heteroatoms. The van der Waals surface area contributed by atoms with Crippen LogP contribution in [0.5, 0.6) is 0 Å². The largest absolute Gasteiger partial charge is 0.396 e. The second kappa shape index (κ2) is 4.41. The molecule has 2 N–H and O–H groups in total. The van der Waals surface area contributed by atoms with E-state index in [9.17, 15) is 0 Å². The van der Waals surface area contributed by atoms with Crippen molar-refractivity contribution >= 4 is 5.87 Å². The van der Waals surface area contributed by atoms with Gasteiger partial charge in [0.15, 0.2) is 0 Å². The van der Waals surface area contributed by atoms with Gasteiger partial charge in [0.05, 0.1) is 0 Å². The van der Waals surface area contributed by atoms with Crippen LogP contribution in [0.3, 0.4) is 0 Å². The minimum atomic E-state index is 0.117. The summed E-state index contributed by atoms with van der Waals surface area (Å²) in [5, 5.41) is 14.3. The molecule has 0 aromatic carbocycles. The summed E-state index contributed by atoms with van der Waals surface area (Å²) in [6.07, 6.45) is 2.02. The number of aliphatic hydroxyl groups excluding tert-OH is 1. The van der Waals surface area contributed by atoms with Gasteiger partial charge in [0.25, 0.3) is 0 Å². The zero-order valence-corrected chi connectivity index (χ0v) is 3.44. The third-order valence-electron chi connectivity index (χ3n) is 0.375. The fourth-order valence-electron chi connectivity index (χ4n) is 0.137. The van der Waals surface area contributed by atoms with Crippen LogP contribution >= 0.6 is 0 Å². The van der Waals surface area contributed by atoms with Crippen LogP contribution in [0.1, 0.15) is 6.42 Å². The van der Waals surface area contributed by atoms with E-state index in [0.29, 0.717) is 6.42 Å². The maximum Gasteiger partial charge on any atom is 0.0472 e. The Balaban J connectivity index is 2.86. The first-order chi connectivity index (χ1) is 2.91. The normalized spacial score (nSPS) is 6.83. The van der Waals surface area contributed by atoms with E-state index in [4.69, 9.17) is 10.5 Å². The molecule has 0 spiro atoms. The molecule has 0 aliphatic heterocycles. The van der Waals surface area contributed by atoms with Gasteiger partial charge in [-0.2, -0.15) is 0 Å². The fourth-order valence-corrected chi connectivity index (χ4v) is 0.137. The van der Waals surface area contributed by atoms with E-state index in [1.807, 2.05) is 5.87 Å². The monoisotopic (exact) mass is 85.1 g/mol. The van der Waals surface area contributed by atoms with Crippen molar-refractivity contribution in [3.05, 3.63) is 6.08 Å². The Labute approximate surface area is 36.6 Å². The Bertz CT molecular complexity index is 63.9. The molecule has 0 aromatic heterocycles. The highest BCUT2D eigenvalue weighted by molar-refractivity contribution is 5.46. The zero-order chi connectivity index (χ0) is 4.83. The van der Waals surface area contributed by atoms with E-state index in [1.165, 1.54) is 6.08 Å². The molecule has 0 amide bonds. The van der Waals surface area contributed by atoms with Gasteiger partial charge in [0, 0.05) is 6.61 Å². The molecule has 0 unspecified atom stereocenters. The molecule has 0 radical (unpaired) electrons. The van der Waals surface area contributed by atoms with Gasteiger partial charge in [0.2, 0.25) is 0 Å². The van der Waals surface area contributed by atoms with Gasteiger partial charge in [-0.05, 0) is 18.4 Å². The highest BCUT2D eigenvalue weighted by atomic mass is 16.2. The molecule has 0 atom stereocenters. The Morgan fingerprint density at radius 2 is 2.50 bits per heavy atom. The van der Waals surface area contributed by atoms with E-state index < -0.39 is 0 Å². The van der Waals surface area contributed by atoms with Crippen LogP contribution < -0.4 is 0 Å². The second-order valence-electron chi connectivity index (χ2n) is 0.861. The van der Waals surface area contributed by atoms with E-state index in [-0.39, 0.29) is 6.61 Å². The van der Waals surface area contributed by atoms with Gasteiger partial charge in [-0.1, -0.05) is 0 Å². The van der Waals surface area contributed by atoms with E-state index in [1.54, 1.807) is 0 Å². The molecule has 0 rings (SSSR count). The Morgan fingerprint density at radius 1 is 1.83 bits per heavy atom. The lowest BCUT2D eigenvalue weighted by Crippen LogP contribution is -1.73. The van der Waals surface area contributed by atoms with Crippen molar-refractivity contribution in [2.24, 2.45) is 0 Å². The van der Waals surface area contributed by atoms with Crippen molar-refractivity contribution in [3.63, 3.8) is 0 Å². The van der Waals surface area contributed by atoms with E-state index >= 15 is 0 Å². The Morgan fingerprint density at radius 3 is 2.67 bits per heavy atom. The molecule has 0 saturated heterocycles. The molecule has 0 saturated carbocycles. The molecular weight excluding hydrogens is 78.0 g/mol. The summed E-state index contributed by atoms with van der Waals surface area (Å²) in [4.78, 5) is 0. The maximum atomic E-state index is 8.04. The summed E-state index contributed by atoms with van der Waals surface area (Å²) in [6, 6.07) is 0. The summed E-state index contributed by atoms with van der Waals surface area (Å²) in [7, 11) is 0. The lowest BCUT2D eigenvalue weighted by molar-refractivity contribution is 0.303. The molecule has 0 bridgehead atoms. The number of nitrogens with one attached hydrogen (secondary N) is 1. The summed E-state index contributed by atoms with van der Waals surface area (Å²) in [5.74, 6) is 2.03. The van der Waals surface area contributed by atoms with Gasteiger partial charge in [-0.15, -0.1) is 0 Å². The SMILES string of the molecule is N=C=CCCO. The van der Waals surface area contributed by atoms with Crippen LogP contribution in [0.25, 0.3) is 0 Å². The number of aliphatic hydroxyl groups is 1. The number of rotatable bonds is 2. The van der Waals surface area contributed by atoms with Crippen LogP contribution in [-0.2, 0) is 0 Å². The second-order valence-corrected chi connectivity index (χ2v) is 0.861. The molecule has 0 aliphatic carbocycles. The molecule has 0 fully saturated rings. The molecule has 34 valence electrons. The molecular formula is C4H7NO. The van der Waals surface area contributed by atoms with Gasteiger partial charge in [0.1, 0.15) is 0 Å². The highest BCUT2D eigenvalue weighted by Gasteiger charge is 1.65. The fraction of sp³-hybridized carbons (Fsp3) is 0.500. The molecule has 0 aliphatic rings. The Kier molecular flexibility index (Phi) is 3.98. The third kappa shape index (κ3) is 3.41. The van der Waals surface area contributed by atoms with Crippen LogP contribution in [0.4, 0.5) is 0 Å². The van der Waals surface area contributed by atoms with Crippen molar-refractivity contribution in [2.75, 3.05) is 6.61 Å². The molecule has 0 heterocycles. The van der Waals surface area contributed by atoms with Crippen molar-refractivity contribution in [2.45, 2.75) is 6.42 Å². The third-order valence-corrected chi connectivity index (χ3v) is 0.375. The Hall–Kier alpha value is -0.590. The van der Waals surface area contributed by atoms with Crippen LogP contribution in [-0.4, -0.2) is 17.6 Å². The lowest BCUT2D eigenvalue weighted by Gasteiger charge is -1.73. The predicted octanol–water partition coefficient (Wildman–Crippen LogP) is 0.173. The molecule has 6 heavy (non-hydrogen) atoms. The number of hydrogen-bond donors (Lipinski definition) is 2.